The number of benzene rings is 1. The van der Waals surface area contributed by atoms with Gasteiger partial charge >= 0.3 is 59.1 Å². The van der Waals surface area contributed by atoms with Gasteiger partial charge in [0.2, 0.25) is 5.91 Å². The van der Waals surface area contributed by atoms with Gasteiger partial charge in [0.25, 0.3) is 0 Å². The Kier molecular flexibility index (Phi) is 10.9. The summed E-state index contributed by atoms with van der Waals surface area (Å²) in [6.45, 7) is 3.21. The SMILES string of the molecule is C[C@@H](O)[C@@H]1C(=O)N2C(C(=O)[O-])=C(CNC(=S)N3CCN(c4cc5c(cc4F)c(=O)c(C(=O)[O-])cn5C4CC4)CC3)S[C@H]12.[Na+].[Na+]. The van der Waals surface area contributed by atoms with Crippen molar-refractivity contribution in [2.75, 3.05) is 37.6 Å². The molecular weight excluding hydrogens is 635 g/mol. The van der Waals surface area contributed by atoms with E-state index in [-0.39, 0.29) is 82.8 Å². The normalized spacial score (nSPS) is 21.7. The van der Waals surface area contributed by atoms with Crippen molar-refractivity contribution in [1.29, 1.82) is 0 Å². The second-order valence-electron chi connectivity index (χ2n) is 10.8. The molecule has 0 radical (unpaired) electrons. The first-order valence-electron chi connectivity index (χ1n) is 13.5. The molecule has 1 amide bonds. The van der Waals surface area contributed by atoms with Crippen LogP contribution >= 0.6 is 24.0 Å². The number of aliphatic hydroxyl groups is 1. The van der Waals surface area contributed by atoms with Crippen LogP contribution in [0.3, 0.4) is 0 Å². The number of hydrogen-bond donors (Lipinski definition) is 2. The van der Waals surface area contributed by atoms with Gasteiger partial charge in [0.05, 0.1) is 53.0 Å². The number of carboxylic acid groups (broad SMARTS) is 2. The summed E-state index contributed by atoms with van der Waals surface area (Å²) in [5, 5.41) is 36.1. The van der Waals surface area contributed by atoms with Gasteiger partial charge in [0, 0.05) is 48.7 Å². The van der Waals surface area contributed by atoms with Crippen molar-refractivity contribution < 1.29 is 93.2 Å². The quantitative estimate of drug-likeness (QED) is 0.164. The molecule has 0 spiro atoms. The number of aliphatic carboxylic acids is 1. The number of amides is 1. The van der Waals surface area contributed by atoms with Crippen LogP contribution in [0.2, 0.25) is 0 Å². The molecule has 1 aromatic heterocycles. The number of nitrogens with zero attached hydrogens (tertiary/aromatic N) is 4. The van der Waals surface area contributed by atoms with E-state index in [1.165, 1.54) is 24.9 Å². The number of halogens is 1. The Morgan fingerprint density at radius 2 is 1.80 bits per heavy atom. The van der Waals surface area contributed by atoms with Gasteiger partial charge in [-0.3, -0.25) is 14.5 Å². The van der Waals surface area contributed by atoms with E-state index in [1.807, 2.05) is 9.80 Å². The third kappa shape index (κ3) is 6.19. The Hall–Kier alpha value is -1.69. The molecule has 0 unspecified atom stereocenters. The van der Waals surface area contributed by atoms with Crippen molar-refractivity contribution >= 4 is 63.5 Å². The standard InChI is InChI=1S/C27H28FN5O7S2.2Na/c1-12(34)20-23(36)33-21(26(39)40)19(42-24(20)33)10-29-27(41)31-6-4-30(5-7-31)18-9-17-14(8-16(18)28)22(35)15(25(37)38)11-32(17)13-2-3-13;;/h8-9,11-13,20,24,34H,2-7,10H2,1H3,(H,29,41)(H,37,38)(H,39,40);;/q;2*+1/p-2/t12-,20-,24-;;/m1../s1. The summed E-state index contributed by atoms with van der Waals surface area (Å²) in [5.41, 5.74) is -0.717. The van der Waals surface area contributed by atoms with Gasteiger partial charge in [-0.2, -0.15) is 0 Å². The molecule has 2 saturated heterocycles. The first-order chi connectivity index (χ1) is 20.0. The van der Waals surface area contributed by atoms with Gasteiger partial charge in [0.15, 0.2) is 10.5 Å². The second kappa shape index (κ2) is 13.6. The predicted molar refractivity (Wildman–Crippen MR) is 151 cm³/mol. The first kappa shape index (κ1) is 35.2. The fourth-order valence-corrected chi connectivity index (χ4v) is 7.59. The Balaban J connectivity index is 0.00000221. The minimum Gasteiger partial charge on any atom is -0.545 e. The fraction of sp³-hybridized carbons (Fsp3) is 0.444. The number of aromatic carboxylic acids is 1. The topological polar surface area (TPSA) is 161 Å². The van der Waals surface area contributed by atoms with Crippen LogP contribution in [0.15, 0.2) is 33.7 Å². The first-order valence-corrected chi connectivity index (χ1v) is 14.8. The molecule has 1 saturated carbocycles. The molecule has 0 bridgehead atoms. The number of pyridine rings is 1. The molecule has 4 aliphatic rings. The van der Waals surface area contributed by atoms with E-state index >= 15 is 4.39 Å². The minimum atomic E-state index is -1.59. The van der Waals surface area contributed by atoms with Gasteiger partial charge < -0.3 is 44.6 Å². The van der Waals surface area contributed by atoms with E-state index in [4.69, 9.17) is 12.2 Å². The number of hydrogen-bond acceptors (Lipinski definition) is 10. The molecule has 2 aromatic rings. The summed E-state index contributed by atoms with van der Waals surface area (Å²) in [5.74, 6) is -4.85. The van der Waals surface area contributed by atoms with E-state index in [0.29, 0.717) is 47.4 Å². The minimum absolute atomic E-state index is 0. The van der Waals surface area contributed by atoms with Crippen LogP contribution in [0.25, 0.3) is 10.9 Å². The third-order valence-corrected chi connectivity index (χ3v) is 9.90. The Bertz CT molecular complexity index is 1640. The smallest absolute Gasteiger partial charge is 0.545 e. The maximum absolute atomic E-state index is 15.3. The molecule has 12 nitrogen and oxygen atoms in total. The molecule has 4 heterocycles. The average Bonchev–Trinajstić information content (AvgIpc) is 3.73. The molecular formula is C27H26FN5Na2O7S2. The summed E-state index contributed by atoms with van der Waals surface area (Å²) in [6, 6.07) is 2.72. The van der Waals surface area contributed by atoms with Crippen LogP contribution in [0.1, 0.15) is 36.2 Å². The van der Waals surface area contributed by atoms with Crippen LogP contribution in [0, 0.1) is 11.7 Å². The molecule has 17 heteroatoms. The van der Waals surface area contributed by atoms with Crippen molar-refractivity contribution in [3.05, 3.63) is 50.5 Å². The number of β-lactam (4-membered cyclic amide) rings is 1. The maximum Gasteiger partial charge on any atom is 1.00 e. The average molecular weight is 662 g/mol. The number of thioether (sulfide) groups is 1. The molecule has 44 heavy (non-hydrogen) atoms. The number of aliphatic hydroxyl groups excluding tert-OH is 1. The van der Waals surface area contributed by atoms with Crippen LogP contribution in [-0.4, -0.2) is 86.6 Å². The molecule has 222 valence electrons. The number of carbonyl (C=O) groups is 3. The van der Waals surface area contributed by atoms with E-state index in [2.05, 4.69) is 5.32 Å². The number of aromatic nitrogens is 1. The Morgan fingerprint density at radius 3 is 2.36 bits per heavy atom. The summed E-state index contributed by atoms with van der Waals surface area (Å²) < 4.78 is 17.0. The van der Waals surface area contributed by atoms with E-state index in [0.717, 1.165) is 23.8 Å². The summed E-state index contributed by atoms with van der Waals surface area (Å²) in [6.07, 6.45) is 2.04. The molecule has 1 aromatic carbocycles. The molecule has 6 rings (SSSR count). The molecule has 1 aliphatic carbocycles. The summed E-state index contributed by atoms with van der Waals surface area (Å²) in [4.78, 5) is 53.6. The van der Waals surface area contributed by atoms with Gasteiger partial charge in [-0.25, -0.2) is 4.39 Å². The zero-order chi connectivity index (χ0) is 30.0. The Labute approximate surface area is 305 Å². The van der Waals surface area contributed by atoms with E-state index in [9.17, 15) is 34.5 Å². The number of fused-ring (bicyclic) bond motifs is 2. The van der Waals surface area contributed by atoms with Gasteiger partial charge in [-0.05, 0) is 44.1 Å². The van der Waals surface area contributed by atoms with E-state index in [1.54, 1.807) is 10.6 Å². The van der Waals surface area contributed by atoms with Crippen molar-refractivity contribution in [1.82, 2.24) is 19.7 Å². The monoisotopic (exact) mass is 661 g/mol. The number of carbonyl (C=O) groups excluding carboxylic acids is 3. The number of anilines is 1. The Morgan fingerprint density at radius 1 is 1.14 bits per heavy atom. The van der Waals surface area contributed by atoms with E-state index < -0.39 is 52.1 Å². The number of nitrogens with one attached hydrogen (secondary N) is 1. The number of rotatable bonds is 7. The van der Waals surface area contributed by atoms with Gasteiger partial charge in [-0.15, -0.1) is 0 Å². The number of carboxylic acids is 2. The van der Waals surface area contributed by atoms with Crippen molar-refractivity contribution in [2.45, 2.75) is 37.3 Å². The van der Waals surface area contributed by atoms with Gasteiger partial charge in [0.1, 0.15) is 11.2 Å². The zero-order valence-electron chi connectivity index (χ0n) is 24.4. The molecule has 3 fully saturated rings. The molecule has 2 N–H and O–H groups in total. The second-order valence-corrected chi connectivity index (χ2v) is 12.4. The molecule has 3 aliphatic heterocycles. The fourth-order valence-electron chi connectivity index (χ4n) is 5.79. The maximum atomic E-state index is 15.3. The third-order valence-electron chi connectivity index (χ3n) is 8.13. The number of piperazine rings is 1. The van der Waals surface area contributed by atoms with Crippen molar-refractivity contribution in [2.24, 2.45) is 5.92 Å². The predicted octanol–water partition coefficient (Wildman–Crippen LogP) is -7.28. The van der Waals surface area contributed by atoms with Gasteiger partial charge in [-0.1, -0.05) is 11.8 Å². The van der Waals surface area contributed by atoms with Crippen LogP contribution in [0.4, 0.5) is 10.1 Å². The van der Waals surface area contributed by atoms with Crippen LogP contribution in [0.5, 0.6) is 0 Å². The van der Waals surface area contributed by atoms with Crippen molar-refractivity contribution in [3.63, 3.8) is 0 Å². The van der Waals surface area contributed by atoms with Crippen molar-refractivity contribution in [3.8, 4) is 0 Å². The zero-order valence-corrected chi connectivity index (χ0v) is 30.0. The van der Waals surface area contributed by atoms with Crippen LogP contribution in [-0.2, 0) is 9.59 Å². The summed E-state index contributed by atoms with van der Waals surface area (Å²) in [7, 11) is 0. The molecule has 3 atom stereocenters. The summed E-state index contributed by atoms with van der Waals surface area (Å²) >= 11 is 6.73. The van der Waals surface area contributed by atoms with Crippen LogP contribution < -0.4 is 85.0 Å². The largest absolute Gasteiger partial charge is 1.00 e. The number of thiocarbonyl (C=S) groups is 1.